The number of hydrogen-bond donors (Lipinski definition) is 1. The van der Waals surface area contributed by atoms with Crippen molar-refractivity contribution in [1.29, 1.82) is 0 Å². The summed E-state index contributed by atoms with van der Waals surface area (Å²) in [7, 11) is 0. The molecule has 0 spiro atoms. The molecule has 0 amide bonds. The zero-order valence-corrected chi connectivity index (χ0v) is 8.66. The molecule has 0 aliphatic carbocycles. The van der Waals surface area contributed by atoms with Gasteiger partial charge < -0.3 is 10.1 Å². The molecule has 0 bridgehead atoms. The summed E-state index contributed by atoms with van der Waals surface area (Å²) in [6, 6.07) is -0.517. The van der Waals surface area contributed by atoms with Gasteiger partial charge in [-0.05, 0) is 26.8 Å². The van der Waals surface area contributed by atoms with Crippen LogP contribution in [0.1, 0.15) is 26.7 Å². The standard InChI is InChI=1S/C9H18F3NO/c1-3-14-6-4-5-13-8(2)7-9(10,11)12/h8,13H,3-7H2,1-2H3. The molecule has 5 heteroatoms. The van der Waals surface area contributed by atoms with Crippen molar-refractivity contribution in [2.24, 2.45) is 0 Å². The van der Waals surface area contributed by atoms with Crippen LogP contribution < -0.4 is 5.32 Å². The fourth-order valence-electron chi connectivity index (χ4n) is 1.09. The van der Waals surface area contributed by atoms with Crippen molar-refractivity contribution in [3.8, 4) is 0 Å². The van der Waals surface area contributed by atoms with Crippen molar-refractivity contribution < 1.29 is 17.9 Å². The first-order chi connectivity index (χ1) is 6.45. The molecule has 0 heterocycles. The third-order valence-corrected chi connectivity index (χ3v) is 1.70. The molecule has 0 aliphatic rings. The van der Waals surface area contributed by atoms with Crippen LogP contribution in [0.4, 0.5) is 13.2 Å². The van der Waals surface area contributed by atoms with Crippen molar-refractivity contribution in [3.05, 3.63) is 0 Å². The lowest BCUT2D eigenvalue weighted by Crippen LogP contribution is -2.32. The highest BCUT2D eigenvalue weighted by Gasteiger charge is 2.29. The molecule has 1 unspecified atom stereocenters. The Bertz CT molecular complexity index is 139. The highest BCUT2D eigenvalue weighted by atomic mass is 19.4. The van der Waals surface area contributed by atoms with E-state index in [1.54, 1.807) is 0 Å². The van der Waals surface area contributed by atoms with E-state index in [0.29, 0.717) is 19.8 Å². The lowest BCUT2D eigenvalue weighted by atomic mass is 10.2. The Morgan fingerprint density at radius 2 is 2.00 bits per heavy atom. The average molecular weight is 213 g/mol. The Kier molecular flexibility index (Phi) is 6.92. The Balaban J connectivity index is 3.31. The van der Waals surface area contributed by atoms with E-state index in [-0.39, 0.29) is 0 Å². The van der Waals surface area contributed by atoms with Crippen LogP contribution in [0.5, 0.6) is 0 Å². The maximum atomic E-state index is 11.9. The van der Waals surface area contributed by atoms with Crippen LogP contribution in [-0.2, 0) is 4.74 Å². The Morgan fingerprint density at radius 1 is 1.36 bits per heavy atom. The van der Waals surface area contributed by atoms with E-state index in [0.717, 1.165) is 6.42 Å². The normalized spacial score (nSPS) is 14.4. The van der Waals surface area contributed by atoms with Crippen LogP contribution in [0.2, 0.25) is 0 Å². The maximum absolute atomic E-state index is 11.9. The summed E-state index contributed by atoms with van der Waals surface area (Å²) in [5.41, 5.74) is 0. The molecule has 0 saturated carbocycles. The Morgan fingerprint density at radius 3 is 2.50 bits per heavy atom. The zero-order chi connectivity index (χ0) is 11.0. The third kappa shape index (κ3) is 9.80. The quantitative estimate of drug-likeness (QED) is 0.655. The lowest BCUT2D eigenvalue weighted by molar-refractivity contribution is -0.139. The Labute approximate surface area is 82.8 Å². The number of nitrogens with one attached hydrogen (secondary N) is 1. The van der Waals surface area contributed by atoms with E-state index < -0.39 is 18.6 Å². The monoisotopic (exact) mass is 213 g/mol. The molecule has 0 saturated heterocycles. The topological polar surface area (TPSA) is 21.3 Å². The molecule has 1 N–H and O–H groups in total. The van der Waals surface area contributed by atoms with E-state index in [2.05, 4.69) is 5.32 Å². The fraction of sp³-hybridized carbons (Fsp3) is 1.00. The summed E-state index contributed by atoms with van der Waals surface area (Å²) < 4.78 is 40.7. The summed E-state index contributed by atoms with van der Waals surface area (Å²) in [4.78, 5) is 0. The number of rotatable bonds is 7. The first kappa shape index (κ1) is 13.7. The van der Waals surface area contributed by atoms with Crippen LogP contribution in [-0.4, -0.2) is 32.0 Å². The fourth-order valence-corrected chi connectivity index (χ4v) is 1.09. The lowest BCUT2D eigenvalue weighted by Gasteiger charge is -2.15. The molecule has 0 fully saturated rings. The van der Waals surface area contributed by atoms with Crippen LogP contribution in [0, 0.1) is 0 Å². The van der Waals surface area contributed by atoms with Gasteiger partial charge in [-0.15, -0.1) is 0 Å². The Hall–Kier alpha value is -0.290. The highest BCUT2D eigenvalue weighted by Crippen LogP contribution is 2.21. The molecule has 0 radical (unpaired) electrons. The van der Waals surface area contributed by atoms with Gasteiger partial charge in [0.1, 0.15) is 0 Å². The number of alkyl halides is 3. The van der Waals surface area contributed by atoms with Crippen LogP contribution >= 0.6 is 0 Å². The van der Waals surface area contributed by atoms with Gasteiger partial charge in [0.15, 0.2) is 0 Å². The van der Waals surface area contributed by atoms with Gasteiger partial charge in [-0.25, -0.2) is 0 Å². The molecule has 1 atom stereocenters. The molecular weight excluding hydrogens is 195 g/mol. The van der Waals surface area contributed by atoms with Crippen LogP contribution in [0.15, 0.2) is 0 Å². The summed E-state index contributed by atoms with van der Waals surface area (Å²) in [6.45, 7) is 5.24. The summed E-state index contributed by atoms with van der Waals surface area (Å²) in [5.74, 6) is 0. The van der Waals surface area contributed by atoms with E-state index in [1.165, 1.54) is 6.92 Å². The molecular formula is C9H18F3NO. The van der Waals surface area contributed by atoms with Gasteiger partial charge >= 0.3 is 6.18 Å². The molecule has 86 valence electrons. The minimum absolute atomic E-state index is 0.517. The second-order valence-corrected chi connectivity index (χ2v) is 3.22. The molecule has 2 nitrogen and oxygen atoms in total. The predicted molar refractivity (Wildman–Crippen MR) is 49.2 cm³/mol. The summed E-state index contributed by atoms with van der Waals surface area (Å²) in [6.07, 6.45) is -4.11. The van der Waals surface area contributed by atoms with Crippen molar-refractivity contribution in [3.63, 3.8) is 0 Å². The van der Waals surface area contributed by atoms with Crippen LogP contribution in [0.3, 0.4) is 0 Å². The number of ether oxygens (including phenoxy) is 1. The van der Waals surface area contributed by atoms with Crippen molar-refractivity contribution in [2.75, 3.05) is 19.8 Å². The molecule has 14 heavy (non-hydrogen) atoms. The minimum Gasteiger partial charge on any atom is -0.382 e. The van der Waals surface area contributed by atoms with Gasteiger partial charge in [0.05, 0.1) is 6.42 Å². The van der Waals surface area contributed by atoms with Gasteiger partial charge in [0.25, 0.3) is 0 Å². The average Bonchev–Trinajstić information content (AvgIpc) is 2.00. The SMILES string of the molecule is CCOCCCNC(C)CC(F)(F)F. The van der Waals surface area contributed by atoms with Gasteiger partial charge in [0.2, 0.25) is 0 Å². The smallest absolute Gasteiger partial charge is 0.382 e. The molecule has 0 rings (SSSR count). The van der Waals surface area contributed by atoms with Crippen LogP contribution in [0.25, 0.3) is 0 Å². The minimum atomic E-state index is -4.08. The van der Waals surface area contributed by atoms with Gasteiger partial charge in [-0.2, -0.15) is 13.2 Å². The van der Waals surface area contributed by atoms with Crippen molar-refractivity contribution in [2.45, 2.75) is 38.9 Å². The molecule has 0 aromatic carbocycles. The van der Waals surface area contributed by atoms with E-state index in [4.69, 9.17) is 4.74 Å². The largest absolute Gasteiger partial charge is 0.390 e. The van der Waals surface area contributed by atoms with E-state index in [9.17, 15) is 13.2 Å². The van der Waals surface area contributed by atoms with E-state index in [1.807, 2.05) is 6.92 Å². The summed E-state index contributed by atoms with van der Waals surface area (Å²) in [5, 5.41) is 2.80. The third-order valence-electron chi connectivity index (χ3n) is 1.70. The van der Waals surface area contributed by atoms with Crippen molar-refractivity contribution in [1.82, 2.24) is 5.32 Å². The first-order valence-corrected chi connectivity index (χ1v) is 4.83. The zero-order valence-electron chi connectivity index (χ0n) is 8.66. The predicted octanol–water partition coefficient (Wildman–Crippen LogP) is 2.34. The van der Waals surface area contributed by atoms with Gasteiger partial charge in [-0.1, -0.05) is 0 Å². The summed E-state index contributed by atoms with van der Waals surface area (Å²) >= 11 is 0. The first-order valence-electron chi connectivity index (χ1n) is 4.83. The van der Waals surface area contributed by atoms with E-state index >= 15 is 0 Å². The highest BCUT2D eigenvalue weighted by molar-refractivity contribution is 4.65. The van der Waals surface area contributed by atoms with Crippen molar-refractivity contribution >= 4 is 0 Å². The van der Waals surface area contributed by atoms with Gasteiger partial charge in [-0.3, -0.25) is 0 Å². The number of halogens is 3. The maximum Gasteiger partial charge on any atom is 0.390 e. The van der Waals surface area contributed by atoms with Gasteiger partial charge in [0, 0.05) is 19.3 Å². The molecule has 0 aromatic heterocycles. The molecule has 0 aliphatic heterocycles. The number of hydrogen-bond acceptors (Lipinski definition) is 2. The molecule has 0 aromatic rings. The second-order valence-electron chi connectivity index (χ2n) is 3.22. The second kappa shape index (κ2) is 7.06.